The Hall–Kier alpha value is -4.44. The molecule has 5 nitrogen and oxygen atoms in total. The van der Waals surface area contributed by atoms with Crippen LogP contribution in [0.4, 0.5) is 43.9 Å². The van der Waals surface area contributed by atoms with Crippen LogP contribution in [-0.2, 0) is 11.8 Å². The highest BCUT2D eigenvalue weighted by atomic mass is 19.3. The largest absolute Gasteiger partial charge is 0.491 e. The lowest BCUT2D eigenvalue weighted by atomic mass is 9.78. The third-order valence-electron chi connectivity index (χ3n) is 7.15. The predicted octanol–water partition coefficient (Wildman–Crippen LogP) is 7.61. The summed E-state index contributed by atoms with van der Waals surface area (Å²) in [5, 5.41) is 17.3. The molecule has 256 valence electrons. The second-order valence-electron chi connectivity index (χ2n) is 9.99. The molecule has 0 heterocycles. The van der Waals surface area contributed by atoms with Gasteiger partial charge in [0.2, 0.25) is 5.82 Å². The van der Waals surface area contributed by atoms with Crippen LogP contribution >= 0.6 is 0 Å². The van der Waals surface area contributed by atoms with Crippen molar-refractivity contribution in [3.63, 3.8) is 0 Å². The molecule has 0 aliphatic heterocycles. The molecule has 0 saturated carbocycles. The van der Waals surface area contributed by atoms with E-state index in [1.807, 2.05) is 0 Å². The lowest BCUT2D eigenvalue weighted by Gasteiger charge is -2.35. The summed E-state index contributed by atoms with van der Waals surface area (Å²) in [5.41, 5.74) is -6.92. The molecule has 0 radical (unpaired) electrons. The fourth-order valence-electron chi connectivity index (χ4n) is 5.00. The number of halogens is 10. The SMILES string of the molecule is CCOc1ccc(-c2ccc3c(c2F)C(F)(F)C(F)(F)c2c-3ccc(OCC)c2F)c(F)c1F.CCOc1ccc(B(O)O)c(F)c1F. The van der Waals surface area contributed by atoms with Crippen molar-refractivity contribution in [2.24, 2.45) is 0 Å². The van der Waals surface area contributed by atoms with E-state index in [4.69, 9.17) is 24.3 Å². The maximum Gasteiger partial charge on any atom is 0.491 e. The molecule has 0 aromatic heterocycles. The molecule has 4 aromatic rings. The van der Waals surface area contributed by atoms with Crippen molar-refractivity contribution in [1.82, 2.24) is 0 Å². The van der Waals surface area contributed by atoms with Gasteiger partial charge in [0, 0.05) is 16.6 Å². The summed E-state index contributed by atoms with van der Waals surface area (Å²) in [6.45, 7) is 4.67. The first kappa shape index (κ1) is 36.4. The van der Waals surface area contributed by atoms with E-state index in [9.17, 15) is 30.7 Å². The van der Waals surface area contributed by atoms with Crippen molar-refractivity contribution in [3.8, 4) is 39.5 Å². The van der Waals surface area contributed by atoms with Crippen LogP contribution in [0.1, 0.15) is 31.9 Å². The molecular formula is C32H25BF10O5. The Morgan fingerprint density at radius 3 is 1.31 bits per heavy atom. The van der Waals surface area contributed by atoms with Crippen LogP contribution in [0.2, 0.25) is 0 Å². The highest BCUT2D eigenvalue weighted by molar-refractivity contribution is 6.58. The van der Waals surface area contributed by atoms with Gasteiger partial charge in [-0.25, -0.2) is 17.6 Å². The molecule has 16 heteroatoms. The minimum atomic E-state index is -5.22. The van der Waals surface area contributed by atoms with E-state index in [-0.39, 0.29) is 25.6 Å². The minimum absolute atomic E-state index is 0.00873. The Labute approximate surface area is 267 Å². The molecule has 0 spiro atoms. The highest BCUT2D eigenvalue weighted by Gasteiger charge is 2.65. The molecule has 0 atom stereocenters. The molecule has 0 bridgehead atoms. The Kier molecular flexibility index (Phi) is 10.6. The molecule has 0 fully saturated rings. The van der Waals surface area contributed by atoms with Crippen LogP contribution in [0.3, 0.4) is 0 Å². The van der Waals surface area contributed by atoms with Gasteiger partial charge in [-0.3, -0.25) is 0 Å². The summed E-state index contributed by atoms with van der Waals surface area (Å²) in [6.07, 6.45) is 0. The smallest absolute Gasteiger partial charge is 0.491 e. The van der Waals surface area contributed by atoms with Crippen molar-refractivity contribution in [2.45, 2.75) is 32.6 Å². The van der Waals surface area contributed by atoms with Crippen molar-refractivity contribution in [2.75, 3.05) is 19.8 Å². The normalized spacial score (nSPS) is 13.9. The van der Waals surface area contributed by atoms with Crippen LogP contribution in [0.5, 0.6) is 17.2 Å². The number of hydrogen-bond donors (Lipinski definition) is 2. The topological polar surface area (TPSA) is 68.2 Å². The Morgan fingerprint density at radius 1 is 0.479 bits per heavy atom. The first-order valence-electron chi connectivity index (χ1n) is 14.2. The van der Waals surface area contributed by atoms with Crippen molar-refractivity contribution >= 4 is 12.6 Å². The molecule has 0 saturated heterocycles. The fourth-order valence-corrected chi connectivity index (χ4v) is 5.00. The van der Waals surface area contributed by atoms with Crippen LogP contribution in [-0.4, -0.2) is 37.0 Å². The quantitative estimate of drug-likeness (QED) is 0.147. The maximum atomic E-state index is 15.4. The van der Waals surface area contributed by atoms with Crippen molar-refractivity contribution in [1.29, 1.82) is 0 Å². The van der Waals surface area contributed by atoms with E-state index in [1.54, 1.807) is 6.92 Å². The van der Waals surface area contributed by atoms with Crippen LogP contribution in [0.25, 0.3) is 22.3 Å². The summed E-state index contributed by atoms with van der Waals surface area (Å²) in [6, 6.07) is 7.62. The first-order valence-corrected chi connectivity index (χ1v) is 14.2. The Morgan fingerprint density at radius 2 is 0.833 bits per heavy atom. The maximum absolute atomic E-state index is 15.4. The highest BCUT2D eigenvalue weighted by Crippen LogP contribution is 2.60. The Bertz CT molecular complexity index is 1830. The molecule has 0 unspecified atom stereocenters. The van der Waals surface area contributed by atoms with Crippen LogP contribution in [0.15, 0.2) is 48.5 Å². The van der Waals surface area contributed by atoms with Gasteiger partial charge in [0.05, 0.1) is 30.9 Å². The van der Waals surface area contributed by atoms with Crippen molar-refractivity contribution < 1.29 is 68.2 Å². The van der Waals surface area contributed by atoms with Gasteiger partial charge in [0.1, 0.15) is 5.82 Å². The number of rotatable bonds is 8. The number of alkyl halides is 4. The summed E-state index contributed by atoms with van der Waals surface area (Å²) in [5.74, 6) is -21.0. The summed E-state index contributed by atoms with van der Waals surface area (Å²) >= 11 is 0. The predicted molar refractivity (Wildman–Crippen MR) is 155 cm³/mol. The van der Waals surface area contributed by atoms with Crippen molar-refractivity contribution in [3.05, 3.63) is 94.6 Å². The van der Waals surface area contributed by atoms with Gasteiger partial charge >= 0.3 is 19.0 Å². The van der Waals surface area contributed by atoms with Gasteiger partial charge in [0.25, 0.3) is 0 Å². The molecule has 1 aliphatic rings. The van der Waals surface area contributed by atoms with E-state index in [0.29, 0.717) is 0 Å². The summed E-state index contributed by atoms with van der Waals surface area (Å²) in [4.78, 5) is 0. The van der Waals surface area contributed by atoms with E-state index < -0.39 is 104 Å². The zero-order valence-corrected chi connectivity index (χ0v) is 25.2. The first-order chi connectivity index (χ1) is 22.6. The van der Waals surface area contributed by atoms with E-state index in [1.165, 1.54) is 13.8 Å². The molecule has 1 aliphatic carbocycles. The lowest BCUT2D eigenvalue weighted by Crippen LogP contribution is -2.41. The zero-order valence-electron chi connectivity index (χ0n) is 25.2. The van der Waals surface area contributed by atoms with Crippen LogP contribution in [0, 0.1) is 34.9 Å². The average Bonchev–Trinajstić information content (AvgIpc) is 3.02. The average molecular weight is 690 g/mol. The molecule has 0 amide bonds. The molecule has 5 rings (SSSR count). The fraction of sp³-hybridized carbons (Fsp3) is 0.250. The molecule has 48 heavy (non-hydrogen) atoms. The lowest BCUT2D eigenvalue weighted by molar-refractivity contribution is -0.227. The van der Waals surface area contributed by atoms with E-state index >= 15 is 13.2 Å². The van der Waals surface area contributed by atoms with Gasteiger partial charge in [-0.15, -0.1) is 0 Å². The monoisotopic (exact) mass is 690 g/mol. The van der Waals surface area contributed by atoms with Gasteiger partial charge < -0.3 is 24.3 Å². The van der Waals surface area contributed by atoms with Gasteiger partial charge in [-0.2, -0.15) is 26.3 Å². The van der Waals surface area contributed by atoms with E-state index in [2.05, 4.69) is 0 Å². The summed E-state index contributed by atoms with van der Waals surface area (Å²) < 4.78 is 160. The number of hydrogen-bond acceptors (Lipinski definition) is 5. The number of ether oxygens (including phenoxy) is 3. The number of benzene rings is 4. The third-order valence-corrected chi connectivity index (χ3v) is 7.15. The second kappa shape index (κ2) is 14.0. The zero-order chi connectivity index (χ0) is 35.7. The van der Waals surface area contributed by atoms with Gasteiger partial charge in [-0.1, -0.05) is 18.2 Å². The number of fused-ring (bicyclic) bond motifs is 3. The van der Waals surface area contributed by atoms with Gasteiger partial charge in [0.15, 0.2) is 40.5 Å². The van der Waals surface area contributed by atoms with Crippen LogP contribution < -0.4 is 19.7 Å². The second-order valence-corrected chi connectivity index (χ2v) is 9.99. The molecule has 4 aromatic carbocycles. The summed E-state index contributed by atoms with van der Waals surface area (Å²) in [7, 11) is -2.03. The molecular weight excluding hydrogens is 665 g/mol. The van der Waals surface area contributed by atoms with E-state index in [0.717, 1.165) is 48.5 Å². The molecule has 2 N–H and O–H groups in total. The minimum Gasteiger partial charge on any atom is -0.491 e. The third kappa shape index (κ3) is 6.14. The standard InChI is InChI=1S/C24H16F8O2.C8H9BF2O3/c1-3-33-15-9-7-12-11-5-6-13(14-8-10-16(34-4-2)22(28)20(14)26)19(25)17(11)23(29,30)24(31,32)18(12)21(15)27;1-2-14-6-4-3-5(9(12)13)7(10)8(6)11/h5-10H,3-4H2,1-2H3;3-4,12-13H,2H2,1H3. The Balaban J connectivity index is 0.000000312. The van der Waals surface area contributed by atoms with Gasteiger partial charge in [-0.05, 0) is 62.2 Å².